The molecule has 1 N–H and O–H groups in total. The number of hydrogen-bond acceptors (Lipinski definition) is 2. The molecule has 0 heterocycles. The van der Waals surface area contributed by atoms with Gasteiger partial charge in [-0.3, -0.25) is 4.79 Å². The van der Waals surface area contributed by atoms with E-state index in [0.717, 1.165) is 19.3 Å². The quantitative estimate of drug-likeness (QED) is 0.775. The predicted octanol–water partition coefficient (Wildman–Crippen LogP) is 3.26. The molecule has 0 aliphatic heterocycles. The monoisotopic (exact) mass is 244 g/mol. The summed E-state index contributed by atoms with van der Waals surface area (Å²) < 4.78 is 6.20. The molecule has 0 aromatic carbocycles. The normalized spacial score (nSPS) is 27.1. The van der Waals surface area contributed by atoms with Crippen molar-refractivity contribution in [2.45, 2.75) is 64.3 Å². The molecule has 94 valence electrons. The molecule has 16 heavy (non-hydrogen) atoms. The first-order valence-electron chi connectivity index (χ1n) is 6.06. The second-order valence-electron chi connectivity index (χ2n) is 6.29. The highest BCUT2D eigenvalue weighted by Crippen LogP contribution is 2.40. The summed E-state index contributed by atoms with van der Waals surface area (Å²) in [6, 6.07) is 0. The fourth-order valence-corrected chi connectivity index (χ4v) is 3.30. The molecule has 0 aromatic heterocycles. The molecule has 4 heteroatoms. The third-order valence-electron chi connectivity index (χ3n) is 4.02. The average molecular weight is 244 g/mol. The van der Waals surface area contributed by atoms with Gasteiger partial charge in [0.05, 0.1) is 12.0 Å². The number of carboxylic acids is 1. The Hall–Kier alpha value is -0.353. The van der Waals surface area contributed by atoms with Crippen molar-refractivity contribution in [2.24, 2.45) is 5.92 Å². The molecule has 3 nitrogen and oxygen atoms in total. The summed E-state index contributed by atoms with van der Waals surface area (Å²) in [4.78, 5) is 11.1. The minimum Gasteiger partial charge on any atom is -0.481 e. The van der Waals surface area contributed by atoms with Gasteiger partial charge in [-0.05, 0) is 37.4 Å². The van der Waals surface area contributed by atoms with Crippen molar-refractivity contribution in [3.63, 3.8) is 0 Å². The summed E-state index contributed by atoms with van der Waals surface area (Å²) in [5, 5.41) is 9.27. The standard InChI is InChI=1S/C12H24O3Si/c1-12(2,3)16(4,5)15-10-8-6-7-9(10)11(13)14/h9-10H,6-8H2,1-5H3,(H,13,14). The first-order chi connectivity index (χ1) is 7.15. The molecule has 1 aliphatic carbocycles. The van der Waals surface area contributed by atoms with Gasteiger partial charge in [0.1, 0.15) is 0 Å². The molecule has 1 aliphatic rings. The topological polar surface area (TPSA) is 46.5 Å². The molecule has 0 saturated heterocycles. The maximum absolute atomic E-state index is 11.1. The van der Waals surface area contributed by atoms with E-state index >= 15 is 0 Å². The zero-order valence-corrected chi connectivity index (χ0v) is 12.0. The van der Waals surface area contributed by atoms with Crippen LogP contribution in [-0.4, -0.2) is 25.5 Å². The summed E-state index contributed by atoms with van der Waals surface area (Å²) in [5.41, 5.74) is 0. The SMILES string of the molecule is CC(C)(C)[Si](C)(C)OC1CCCC1C(=O)O. The smallest absolute Gasteiger partial charge is 0.309 e. The van der Waals surface area contributed by atoms with E-state index in [0.29, 0.717) is 0 Å². The summed E-state index contributed by atoms with van der Waals surface area (Å²) >= 11 is 0. The Bertz CT molecular complexity index is 268. The van der Waals surface area contributed by atoms with Crippen LogP contribution in [0.1, 0.15) is 40.0 Å². The van der Waals surface area contributed by atoms with E-state index in [2.05, 4.69) is 33.9 Å². The maximum atomic E-state index is 11.1. The van der Waals surface area contributed by atoms with Crippen molar-refractivity contribution in [3.8, 4) is 0 Å². The summed E-state index contributed by atoms with van der Waals surface area (Å²) in [6.07, 6.45) is 2.60. The van der Waals surface area contributed by atoms with Crippen LogP contribution in [0.3, 0.4) is 0 Å². The van der Waals surface area contributed by atoms with Crippen LogP contribution in [0.4, 0.5) is 0 Å². The Morgan fingerprint density at radius 2 is 1.88 bits per heavy atom. The van der Waals surface area contributed by atoms with Gasteiger partial charge >= 0.3 is 5.97 Å². The number of carboxylic acid groups (broad SMARTS) is 1. The molecule has 2 unspecified atom stereocenters. The molecule has 1 fully saturated rings. The predicted molar refractivity (Wildman–Crippen MR) is 67.0 cm³/mol. The van der Waals surface area contributed by atoms with Gasteiger partial charge in [0, 0.05) is 0 Å². The minimum atomic E-state index is -1.82. The van der Waals surface area contributed by atoms with Crippen LogP contribution in [0, 0.1) is 5.92 Å². The highest BCUT2D eigenvalue weighted by atomic mass is 28.4. The highest BCUT2D eigenvalue weighted by molar-refractivity contribution is 6.74. The zero-order valence-electron chi connectivity index (χ0n) is 11.0. The lowest BCUT2D eigenvalue weighted by molar-refractivity contribution is -0.144. The Balaban J connectivity index is 2.70. The first kappa shape index (κ1) is 13.7. The molecule has 0 spiro atoms. The van der Waals surface area contributed by atoms with Crippen LogP contribution in [0.2, 0.25) is 18.1 Å². The second kappa shape index (κ2) is 4.49. The summed E-state index contributed by atoms with van der Waals surface area (Å²) in [5.74, 6) is -0.977. The number of hydrogen-bond donors (Lipinski definition) is 1. The lowest BCUT2D eigenvalue weighted by atomic mass is 10.1. The van der Waals surface area contributed by atoms with Crippen molar-refractivity contribution in [1.82, 2.24) is 0 Å². The Morgan fingerprint density at radius 3 is 2.31 bits per heavy atom. The summed E-state index contributed by atoms with van der Waals surface area (Å²) in [6.45, 7) is 10.9. The molecule has 0 radical (unpaired) electrons. The number of aliphatic carboxylic acids is 1. The second-order valence-corrected chi connectivity index (χ2v) is 11.0. The first-order valence-corrected chi connectivity index (χ1v) is 8.96. The van der Waals surface area contributed by atoms with Gasteiger partial charge in [0.15, 0.2) is 8.32 Å². The molecule has 0 bridgehead atoms. The average Bonchev–Trinajstić information content (AvgIpc) is 2.49. The van der Waals surface area contributed by atoms with Gasteiger partial charge in [0.25, 0.3) is 0 Å². The van der Waals surface area contributed by atoms with Crippen molar-refractivity contribution in [1.29, 1.82) is 0 Å². The van der Waals surface area contributed by atoms with Crippen LogP contribution in [-0.2, 0) is 9.22 Å². The van der Waals surface area contributed by atoms with Gasteiger partial charge in [-0.15, -0.1) is 0 Å². The highest BCUT2D eigenvalue weighted by Gasteiger charge is 2.43. The van der Waals surface area contributed by atoms with E-state index in [1.807, 2.05) is 0 Å². The fraction of sp³-hybridized carbons (Fsp3) is 0.917. The molecular formula is C12H24O3Si. The van der Waals surface area contributed by atoms with Crippen molar-refractivity contribution >= 4 is 14.3 Å². The third-order valence-corrected chi connectivity index (χ3v) is 8.53. The van der Waals surface area contributed by atoms with Gasteiger partial charge in [-0.1, -0.05) is 20.8 Å². The molecule has 1 rings (SSSR count). The lowest BCUT2D eigenvalue weighted by Crippen LogP contribution is -2.45. The fourth-order valence-electron chi connectivity index (χ4n) is 1.90. The third kappa shape index (κ3) is 2.86. The van der Waals surface area contributed by atoms with Crippen molar-refractivity contribution in [3.05, 3.63) is 0 Å². The Kier molecular flexibility index (Phi) is 3.85. The minimum absolute atomic E-state index is 0.0570. The zero-order chi connectivity index (χ0) is 12.6. The van der Waals surface area contributed by atoms with Crippen molar-refractivity contribution in [2.75, 3.05) is 0 Å². The van der Waals surface area contributed by atoms with E-state index in [1.54, 1.807) is 0 Å². The lowest BCUT2D eigenvalue weighted by Gasteiger charge is -2.39. The van der Waals surface area contributed by atoms with Crippen LogP contribution >= 0.6 is 0 Å². The molecular weight excluding hydrogens is 220 g/mol. The molecule has 0 amide bonds. The Labute approximate surface area is 99.3 Å². The number of carbonyl (C=O) groups is 1. The van der Waals surface area contributed by atoms with Crippen LogP contribution in [0.5, 0.6) is 0 Å². The van der Waals surface area contributed by atoms with Gasteiger partial charge < -0.3 is 9.53 Å². The van der Waals surface area contributed by atoms with Crippen LogP contribution in [0.15, 0.2) is 0 Å². The van der Waals surface area contributed by atoms with Gasteiger partial charge in [0.2, 0.25) is 0 Å². The van der Waals surface area contributed by atoms with Crippen molar-refractivity contribution < 1.29 is 14.3 Å². The Morgan fingerprint density at radius 1 is 1.31 bits per heavy atom. The summed E-state index contributed by atoms with van der Waals surface area (Å²) in [7, 11) is -1.82. The van der Waals surface area contributed by atoms with Gasteiger partial charge in [-0.25, -0.2) is 0 Å². The van der Waals surface area contributed by atoms with E-state index < -0.39 is 14.3 Å². The van der Waals surface area contributed by atoms with Gasteiger partial charge in [-0.2, -0.15) is 0 Å². The largest absolute Gasteiger partial charge is 0.481 e. The molecule has 2 atom stereocenters. The molecule has 1 saturated carbocycles. The van der Waals surface area contributed by atoms with E-state index in [9.17, 15) is 4.79 Å². The van der Waals surface area contributed by atoms with Crippen LogP contribution in [0.25, 0.3) is 0 Å². The van der Waals surface area contributed by atoms with Crippen LogP contribution < -0.4 is 0 Å². The van der Waals surface area contributed by atoms with E-state index in [1.165, 1.54) is 0 Å². The van der Waals surface area contributed by atoms with E-state index in [-0.39, 0.29) is 17.1 Å². The molecule has 0 aromatic rings. The number of rotatable bonds is 3. The van der Waals surface area contributed by atoms with E-state index in [4.69, 9.17) is 9.53 Å². The maximum Gasteiger partial charge on any atom is 0.309 e.